The van der Waals surface area contributed by atoms with E-state index in [-0.39, 0.29) is 53.4 Å². The highest BCUT2D eigenvalue weighted by Crippen LogP contribution is 2.35. The maximum Gasteiger partial charge on any atom is 0.407 e. The number of amides is 8. The largest absolute Gasteiger partial charge is 0.465 e. The molecule has 0 saturated carbocycles. The molecular weight excluding hydrogens is 887 g/mol. The minimum absolute atomic E-state index is 0.0725. The Morgan fingerprint density at radius 2 is 1.04 bits per heavy atom. The number of piperidine rings is 2. The van der Waals surface area contributed by atoms with Gasteiger partial charge in [-0.25, -0.2) is 23.2 Å². The number of likely N-dealkylation sites (tertiary alicyclic amines) is 3. The Morgan fingerprint density at radius 1 is 0.623 bits per heavy atom. The SMILES string of the molecule is CC(=O)NCCNC(=O)Nc1cc(C(=O)N2CCC(c3ccc(F)cc3)CC2)ccc1C.Cc1ccc(C(=O)N2CCC(c3ccc(F)cc3)CC2)cc1NC(=O)NC1CN(C(=O)O)C1C(C)(C)C. The summed E-state index contributed by atoms with van der Waals surface area (Å²) < 4.78 is 26.4. The van der Waals surface area contributed by atoms with E-state index in [1.807, 2.05) is 80.8 Å². The van der Waals surface area contributed by atoms with Gasteiger partial charge >= 0.3 is 18.2 Å². The molecule has 368 valence electrons. The predicted octanol–water partition coefficient (Wildman–Crippen LogP) is 8.46. The highest BCUT2D eigenvalue weighted by molar-refractivity contribution is 5.98. The lowest BCUT2D eigenvalue weighted by molar-refractivity contribution is -0.118. The van der Waals surface area contributed by atoms with Gasteiger partial charge in [-0.05, 0) is 128 Å². The normalized spacial score (nSPS) is 17.4. The van der Waals surface area contributed by atoms with Gasteiger partial charge in [0.15, 0.2) is 0 Å². The standard InChI is InChI=1S/C28H35FN4O4.C24H29FN4O3/c1-17-5-6-20(25(34)32-13-11-19(12-14-32)18-7-9-21(29)10-8-18)15-22(17)30-26(35)31-23-16-33(27(36)37)24(23)28(2,3)4;1-16-3-4-20(15-22(16)28-24(32)27-12-11-26-17(2)30)23(31)29-13-9-19(10-14-29)18-5-7-21(25)8-6-18/h5-10,15,19,23-24H,11-14,16H2,1-4H3,(H,36,37)(H2,30,31,35);3-8,15,19H,9-14H2,1-2H3,(H,26,30)(H2,27,28,32). The van der Waals surface area contributed by atoms with Gasteiger partial charge in [0.2, 0.25) is 5.91 Å². The number of urea groups is 2. The Hall–Kier alpha value is -7.04. The number of nitrogens with one attached hydrogen (secondary N) is 5. The van der Waals surface area contributed by atoms with Crippen LogP contribution in [0.2, 0.25) is 0 Å². The van der Waals surface area contributed by atoms with Gasteiger partial charge in [-0.2, -0.15) is 0 Å². The monoisotopic (exact) mass is 950 g/mol. The van der Waals surface area contributed by atoms with Gasteiger partial charge in [-0.1, -0.05) is 57.2 Å². The zero-order valence-electron chi connectivity index (χ0n) is 40.2. The molecule has 0 spiro atoms. The summed E-state index contributed by atoms with van der Waals surface area (Å²) in [6.07, 6.45) is 2.26. The summed E-state index contributed by atoms with van der Waals surface area (Å²) in [5.74, 6) is -0.206. The smallest absolute Gasteiger partial charge is 0.407 e. The molecule has 69 heavy (non-hydrogen) atoms. The van der Waals surface area contributed by atoms with Crippen molar-refractivity contribution in [3.05, 3.63) is 130 Å². The van der Waals surface area contributed by atoms with Crippen molar-refractivity contribution in [2.75, 3.05) is 56.4 Å². The van der Waals surface area contributed by atoms with Crippen LogP contribution in [0.25, 0.3) is 0 Å². The molecule has 17 heteroatoms. The molecule has 4 aromatic rings. The summed E-state index contributed by atoms with van der Waals surface area (Å²) in [4.78, 5) is 78.5. The highest BCUT2D eigenvalue weighted by atomic mass is 19.1. The number of halogens is 2. The van der Waals surface area contributed by atoms with Gasteiger partial charge in [0.05, 0.1) is 12.1 Å². The van der Waals surface area contributed by atoms with E-state index in [1.165, 1.54) is 36.1 Å². The number of benzene rings is 4. The lowest BCUT2D eigenvalue weighted by Crippen LogP contribution is -2.72. The molecule has 2 atom stereocenters. The molecule has 3 saturated heterocycles. The summed E-state index contributed by atoms with van der Waals surface area (Å²) in [6.45, 7) is 14.3. The van der Waals surface area contributed by atoms with E-state index in [4.69, 9.17) is 0 Å². The van der Waals surface area contributed by atoms with E-state index in [2.05, 4.69) is 26.6 Å². The minimum atomic E-state index is -0.998. The summed E-state index contributed by atoms with van der Waals surface area (Å²) in [7, 11) is 0. The maximum absolute atomic E-state index is 13.2. The number of aryl methyl sites for hydroxylation is 2. The van der Waals surface area contributed by atoms with Crippen LogP contribution >= 0.6 is 0 Å². The lowest BCUT2D eigenvalue weighted by atomic mass is 9.76. The number of carboxylic acid groups (broad SMARTS) is 1. The van der Waals surface area contributed by atoms with E-state index < -0.39 is 18.2 Å². The van der Waals surface area contributed by atoms with Crippen LogP contribution in [0.1, 0.15) is 108 Å². The molecular formula is C52H64F2N8O7. The van der Waals surface area contributed by atoms with Crippen molar-refractivity contribution < 1.29 is 42.7 Å². The molecule has 3 aliphatic rings. The van der Waals surface area contributed by atoms with Gasteiger partial charge in [0.25, 0.3) is 11.8 Å². The van der Waals surface area contributed by atoms with Gasteiger partial charge < -0.3 is 46.4 Å². The van der Waals surface area contributed by atoms with Gasteiger partial charge in [-0.15, -0.1) is 0 Å². The van der Waals surface area contributed by atoms with Crippen LogP contribution < -0.4 is 26.6 Å². The molecule has 15 nitrogen and oxygen atoms in total. The van der Waals surface area contributed by atoms with Crippen molar-refractivity contribution >= 4 is 47.3 Å². The van der Waals surface area contributed by atoms with Crippen molar-refractivity contribution in [2.45, 2.75) is 91.1 Å². The van der Waals surface area contributed by atoms with Crippen molar-refractivity contribution in [2.24, 2.45) is 5.41 Å². The molecule has 3 aliphatic heterocycles. The van der Waals surface area contributed by atoms with E-state index in [0.717, 1.165) is 47.9 Å². The number of anilines is 2. The average molecular weight is 951 g/mol. The third-order valence-electron chi connectivity index (χ3n) is 13.1. The Kier molecular flexibility index (Phi) is 17.0. The van der Waals surface area contributed by atoms with Crippen molar-refractivity contribution in [3.8, 4) is 0 Å². The van der Waals surface area contributed by atoms with Gasteiger partial charge in [0.1, 0.15) is 11.6 Å². The van der Waals surface area contributed by atoms with Crippen LogP contribution in [-0.2, 0) is 4.79 Å². The van der Waals surface area contributed by atoms with Crippen LogP contribution in [0, 0.1) is 30.9 Å². The third-order valence-corrected chi connectivity index (χ3v) is 13.1. The Balaban J connectivity index is 0.000000229. The average Bonchev–Trinajstić information content (AvgIpc) is 3.30. The molecule has 6 N–H and O–H groups in total. The van der Waals surface area contributed by atoms with Crippen LogP contribution in [0.15, 0.2) is 84.9 Å². The van der Waals surface area contributed by atoms with E-state index in [1.54, 1.807) is 24.3 Å². The molecule has 2 unspecified atom stereocenters. The van der Waals surface area contributed by atoms with Crippen molar-refractivity contribution in [1.29, 1.82) is 0 Å². The third kappa shape index (κ3) is 13.8. The molecule has 0 aliphatic carbocycles. The second kappa shape index (κ2) is 22.8. The molecule has 3 fully saturated rings. The van der Waals surface area contributed by atoms with Crippen LogP contribution in [0.5, 0.6) is 0 Å². The zero-order valence-corrected chi connectivity index (χ0v) is 40.2. The first kappa shape index (κ1) is 51.4. The summed E-state index contributed by atoms with van der Waals surface area (Å²) >= 11 is 0. The summed E-state index contributed by atoms with van der Waals surface area (Å²) in [6, 6.07) is 22.2. The van der Waals surface area contributed by atoms with E-state index in [9.17, 15) is 42.7 Å². The molecule has 3 heterocycles. The molecule has 0 radical (unpaired) electrons. The number of hydrogen-bond acceptors (Lipinski definition) is 6. The Labute approximate surface area is 402 Å². The summed E-state index contributed by atoms with van der Waals surface area (Å²) in [5, 5.41) is 23.2. The molecule has 7 rings (SSSR count). The van der Waals surface area contributed by atoms with Crippen LogP contribution in [-0.4, -0.2) is 114 Å². The first-order valence-corrected chi connectivity index (χ1v) is 23.4. The quantitative estimate of drug-likeness (QED) is 0.0859. The molecule has 8 amide bonds. The Morgan fingerprint density at radius 3 is 1.45 bits per heavy atom. The number of carbonyl (C=O) groups is 6. The molecule has 4 aromatic carbocycles. The van der Waals surface area contributed by atoms with E-state index >= 15 is 0 Å². The predicted molar refractivity (Wildman–Crippen MR) is 261 cm³/mol. The van der Waals surface area contributed by atoms with E-state index in [0.29, 0.717) is 73.6 Å². The van der Waals surface area contributed by atoms with Gasteiger partial charge in [-0.3, -0.25) is 14.4 Å². The minimum Gasteiger partial charge on any atom is -0.465 e. The second-order valence-electron chi connectivity index (χ2n) is 19.1. The Bertz CT molecular complexity index is 2480. The van der Waals surface area contributed by atoms with Gasteiger partial charge in [0, 0.05) is 75.2 Å². The van der Waals surface area contributed by atoms with Crippen molar-refractivity contribution in [1.82, 2.24) is 30.7 Å². The fraction of sp³-hybridized carbons (Fsp3) is 0.423. The van der Waals surface area contributed by atoms with Crippen LogP contribution in [0.3, 0.4) is 0 Å². The van der Waals surface area contributed by atoms with Crippen LogP contribution in [0.4, 0.5) is 34.5 Å². The highest BCUT2D eigenvalue weighted by Gasteiger charge is 2.49. The number of hydrogen-bond donors (Lipinski definition) is 6. The maximum atomic E-state index is 13.2. The second-order valence-corrected chi connectivity index (χ2v) is 19.1. The first-order chi connectivity index (χ1) is 32.8. The van der Waals surface area contributed by atoms with Crippen molar-refractivity contribution in [3.63, 3.8) is 0 Å². The molecule has 0 aromatic heterocycles. The number of rotatable bonds is 10. The lowest BCUT2D eigenvalue weighted by Gasteiger charge is -2.52. The topological polar surface area (TPSA) is 193 Å². The number of carbonyl (C=O) groups excluding carboxylic acids is 5. The zero-order chi connectivity index (χ0) is 50.0. The summed E-state index contributed by atoms with van der Waals surface area (Å²) in [5.41, 5.74) is 5.63. The molecule has 0 bridgehead atoms. The number of nitrogens with zero attached hydrogens (tertiary/aromatic N) is 3. The fourth-order valence-electron chi connectivity index (χ4n) is 9.25. The first-order valence-electron chi connectivity index (χ1n) is 23.4. The fourth-order valence-corrected chi connectivity index (χ4v) is 9.25.